The summed E-state index contributed by atoms with van der Waals surface area (Å²) in [6, 6.07) is 3.77. The van der Waals surface area contributed by atoms with Crippen molar-refractivity contribution in [1.82, 2.24) is 9.97 Å². The van der Waals surface area contributed by atoms with Crippen LogP contribution in [0.15, 0.2) is 18.3 Å². The average Bonchev–Trinajstić information content (AvgIpc) is 2.46. The molecule has 1 aromatic heterocycles. The van der Waals surface area contributed by atoms with Gasteiger partial charge in [0.1, 0.15) is 5.75 Å². The number of halogens is 1. The summed E-state index contributed by atoms with van der Waals surface area (Å²) in [6.45, 7) is 3.99. The number of aryl methyl sites for hydroxylation is 2. The van der Waals surface area contributed by atoms with Gasteiger partial charge < -0.3 is 15.2 Å². The maximum absolute atomic E-state index is 13.6. The first kappa shape index (κ1) is 15.2. The van der Waals surface area contributed by atoms with Gasteiger partial charge in [0.15, 0.2) is 17.5 Å². The summed E-state index contributed by atoms with van der Waals surface area (Å²) in [5, 5.41) is 11.5. The molecule has 0 unspecified atom stereocenters. The standard InChI is InChI=1S/C15H18FN3O2/c1-9-6-11(21-3)7-10(2)13(9)15-18-8-12(16)14(19-15)17-4-5-20/h6-8,20H,4-5H2,1-3H3,(H,17,18,19). The quantitative estimate of drug-likeness (QED) is 0.885. The number of hydrogen-bond acceptors (Lipinski definition) is 5. The molecule has 112 valence electrons. The molecule has 2 N–H and O–H groups in total. The van der Waals surface area contributed by atoms with Crippen molar-refractivity contribution in [3.05, 3.63) is 35.3 Å². The highest BCUT2D eigenvalue weighted by Gasteiger charge is 2.13. The molecule has 0 spiro atoms. The number of nitrogens with zero attached hydrogens (tertiary/aromatic N) is 2. The Labute approximate surface area is 122 Å². The number of methoxy groups -OCH3 is 1. The molecule has 0 saturated carbocycles. The van der Waals surface area contributed by atoms with Crippen LogP contribution in [0.3, 0.4) is 0 Å². The van der Waals surface area contributed by atoms with Crippen molar-refractivity contribution in [2.45, 2.75) is 13.8 Å². The maximum Gasteiger partial charge on any atom is 0.183 e. The monoisotopic (exact) mass is 291 g/mol. The van der Waals surface area contributed by atoms with Gasteiger partial charge in [0.2, 0.25) is 0 Å². The molecule has 2 aromatic rings. The van der Waals surface area contributed by atoms with E-state index >= 15 is 0 Å². The van der Waals surface area contributed by atoms with Crippen molar-refractivity contribution >= 4 is 5.82 Å². The summed E-state index contributed by atoms with van der Waals surface area (Å²) in [5.74, 6) is 0.740. The Bertz CT molecular complexity index is 624. The Morgan fingerprint density at radius 2 is 1.95 bits per heavy atom. The zero-order valence-electron chi connectivity index (χ0n) is 12.3. The molecular formula is C15H18FN3O2. The number of rotatable bonds is 5. The number of ether oxygens (including phenoxy) is 1. The first-order valence-electron chi connectivity index (χ1n) is 6.59. The molecule has 21 heavy (non-hydrogen) atoms. The molecule has 5 nitrogen and oxygen atoms in total. The third-order valence-electron chi connectivity index (χ3n) is 3.11. The Morgan fingerprint density at radius 1 is 1.29 bits per heavy atom. The smallest absolute Gasteiger partial charge is 0.183 e. The van der Waals surface area contributed by atoms with Crippen LogP contribution in [0.5, 0.6) is 5.75 Å². The van der Waals surface area contributed by atoms with E-state index in [0.29, 0.717) is 5.82 Å². The molecule has 6 heteroatoms. The molecule has 0 aliphatic rings. The van der Waals surface area contributed by atoms with Gasteiger partial charge in [-0.15, -0.1) is 0 Å². The molecule has 0 atom stereocenters. The first-order chi connectivity index (χ1) is 10.1. The fraction of sp³-hybridized carbons (Fsp3) is 0.333. The lowest BCUT2D eigenvalue weighted by molar-refractivity contribution is 0.310. The van der Waals surface area contributed by atoms with E-state index in [2.05, 4.69) is 15.3 Å². The Hall–Kier alpha value is -2.21. The Morgan fingerprint density at radius 3 is 2.52 bits per heavy atom. The third-order valence-corrected chi connectivity index (χ3v) is 3.11. The van der Waals surface area contributed by atoms with Crippen molar-refractivity contribution in [3.8, 4) is 17.1 Å². The molecule has 0 aliphatic heterocycles. The molecule has 0 amide bonds. The van der Waals surface area contributed by atoms with Gasteiger partial charge in [0.25, 0.3) is 0 Å². The lowest BCUT2D eigenvalue weighted by Gasteiger charge is -2.12. The zero-order chi connectivity index (χ0) is 15.4. The first-order valence-corrected chi connectivity index (χ1v) is 6.59. The minimum atomic E-state index is -0.545. The van der Waals surface area contributed by atoms with E-state index in [1.165, 1.54) is 0 Å². The topological polar surface area (TPSA) is 67.3 Å². The number of aromatic nitrogens is 2. The molecule has 0 aliphatic carbocycles. The lowest BCUT2D eigenvalue weighted by atomic mass is 10.0. The van der Waals surface area contributed by atoms with Crippen LogP contribution >= 0.6 is 0 Å². The predicted octanol–water partition coefficient (Wildman–Crippen LogP) is 2.31. The fourth-order valence-electron chi connectivity index (χ4n) is 2.18. The van der Waals surface area contributed by atoms with Gasteiger partial charge in [0, 0.05) is 12.1 Å². The summed E-state index contributed by atoms with van der Waals surface area (Å²) >= 11 is 0. The number of benzene rings is 1. The molecule has 1 aromatic carbocycles. The van der Waals surface area contributed by atoms with Crippen LogP contribution in [0.4, 0.5) is 10.2 Å². The van der Waals surface area contributed by atoms with Crippen LogP contribution in [0.2, 0.25) is 0 Å². The summed E-state index contributed by atoms with van der Waals surface area (Å²) in [6.07, 6.45) is 1.13. The second-order valence-corrected chi connectivity index (χ2v) is 4.68. The van der Waals surface area contributed by atoms with Gasteiger partial charge in [-0.25, -0.2) is 14.4 Å². The van der Waals surface area contributed by atoms with Crippen LogP contribution < -0.4 is 10.1 Å². The van der Waals surface area contributed by atoms with E-state index in [0.717, 1.165) is 28.6 Å². The second-order valence-electron chi connectivity index (χ2n) is 4.68. The van der Waals surface area contributed by atoms with Crippen LogP contribution in [0.25, 0.3) is 11.4 Å². The number of aliphatic hydroxyl groups is 1. The van der Waals surface area contributed by atoms with Crippen molar-refractivity contribution in [1.29, 1.82) is 0 Å². The van der Waals surface area contributed by atoms with Crippen LogP contribution in [-0.4, -0.2) is 35.3 Å². The van der Waals surface area contributed by atoms with Gasteiger partial charge in [-0.3, -0.25) is 0 Å². The Kier molecular flexibility index (Phi) is 4.70. The number of hydrogen-bond donors (Lipinski definition) is 2. The zero-order valence-corrected chi connectivity index (χ0v) is 12.3. The molecule has 0 radical (unpaired) electrons. The number of nitrogens with one attached hydrogen (secondary N) is 1. The van der Waals surface area contributed by atoms with Gasteiger partial charge in [-0.05, 0) is 37.1 Å². The highest BCUT2D eigenvalue weighted by molar-refractivity contribution is 5.67. The van der Waals surface area contributed by atoms with Crippen molar-refractivity contribution in [2.24, 2.45) is 0 Å². The van der Waals surface area contributed by atoms with E-state index in [1.807, 2.05) is 26.0 Å². The van der Waals surface area contributed by atoms with E-state index in [4.69, 9.17) is 9.84 Å². The third kappa shape index (κ3) is 3.28. The fourth-order valence-corrected chi connectivity index (χ4v) is 2.18. The van der Waals surface area contributed by atoms with Crippen LogP contribution in [0, 0.1) is 19.7 Å². The van der Waals surface area contributed by atoms with E-state index < -0.39 is 5.82 Å². The molecule has 1 heterocycles. The van der Waals surface area contributed by atoms with Crippen molar-refractivity contribution in [2.75, 3.05) is 25.6 Å². The normalized spacial score (nSPS) is 10.5. The summed E-state index contributed by atoms with van der Waals surface area (Å²) in [4.78, 5) is 8.27. The van der Waals surface area contributed by atoms with Crippen molar-refractivity contribution < 1.29 is 14.2 Å². The predicted molar refractivity (Wildman–Crippen MR) is 79.0 cm³/mol. The van der Waals surface area contributed by atoms with Gasteiger partial charge in [-0.1, -0.05) is 0 Å². The second kappa shape index (κ2) is 6.49. The highest BCUT2D eigenvalue weighted by atomic mass is 19.1. The van der Waals surface area contributed by atoms with E-state index in [9.17, 15) is 4.39 Å². The molecule has 0 fully saturated rings. The van der Waals surface area contributed by atoms with Gasteiger partial charge >= 0.3 is 0 Å². The lowest BCUT2D eigenvalue weighted by Crippen LogP contribution is -2.10. The molecule has 2 rings (SSSR count). The summed E-state index contributed by atoms with van der Waals surface area (Å²) < 4.78 is 18.9. The average molecular weight is 291 g/mol. The van der Waals surface area contributed by atoms with Crippen molar-refractivity contribution in [3.63, 3.8) is 0 Å². The number of anilines is 1. The highest BCUT2D eigenvalue weighted by Crippen LogP contribution is 2.29. The number of aliphatic hydroxyl groups excluding tert-OH is 1. The van der Waals surface area contributed by atoms with E-state index in [-0.39, 0.29) is 19.0 Å². The van der Waals surface area contributed by atoms with Gasteiger partial charge in [0.05, 0.1) is 19.9 Å². The van der Waals surface area contributed by atoms with E-state index in [1.54, 1.807) is 7.11 Å². The van der Waals surface area contributed by atoms with Crippen LogP contribution in [-0.2, 0) is 0 Å². The van der Waals surface area contributed by atoms with Crippen LogP contribution in [0.1, 0.15) is 11.1 Å². The largest absolute Gasteiger partial charge is 0.497 e. The molecule has 0 bridgehead atoms. The molecule has 0 saturated heterocycles. The summed E-state index contributed by atoms with van der Waals surface area (Å²) in [5.41, 5.74) is 2.75. The maximum atomic E-state index is 13.6. The summed E-state index contributed by atoms with van der Waals surface area (Å²) in [7, 11) is 1.61. The van der Waals surface area contributed by atoms with Gasteiger partial charge in [-0.2, -0.15) is 0 Å². The SMILES string of the molecule is COc1cc(C)c(-c2ncc(F)c(NCCO)n2)c(C)c1. The molecular weight excluding hydrogens is 273 g/mol. The Balaban J connectivity index is 2.47. The minimum absolute atomic E-state index is 0.0867. The minimum Gasteiger partial charge on any atom is -0.497 e.